The molecule has 0 unspecified atom stereocenters. The van der Waals surface area contributed by atoms with Crippen LogP contribution in [0.4, 0.5) is 0 Å². The summed E-state index contributed by atoms with van der Waals surface area (Å²) in [6, 6.07) is 0. The van der Waals surface area contributed by atoms with Gasteiger partial charge < -0.3 is 9.84 Å². The van der Waals surface area contributed by atoms with E-state index in [0.717, 1.165) is 77.0 Å². The topological polar surface area (TPSA) is 80.7 Å². The monoisotopic (exact) mass is 400 g/mol. The average molecular weight is 401 g/mol. The molecule has 156 valence electrons. The van der Waals surface area contributed by atoms with Gasteiger partial charge in [0.25, 0.3) is 0 Å². The molecule has 3 aliphatic rings. The molecule has 27 heavy (non-hydrogen) atoms. The van der Waals surface area contributed by atoms with E-state index in [9.17, 15) is 13.2 Å². The molecule has 2 saturated heterocycles. The molecule has 3 rings (SSSR count). The fraction of sp³-hybridized carbons (Fsp3) is 0.952. The number of sulfone groups is 1. The number of rotatable bonds is 11. The molecule has 0 aromatic rings. The smallest absolute Gasteiger partial charge is 0.303 e. The Morgan fingerprint density at radius 1 is 0.852 bits per heavy atom. The van der Waals surface area contributed by atoms with Crippen LogP contribution in [-0.4, -0.2) is 42.7 Å². The van der Waals surface area contributed by atoms with E-state index in [1.165, 1.54) is 6.42 Å². The first-order chi connectivity index (χ1) is 13.0. The highest BCUT2D eigenvalue weighted by Crippen LogP contribution is 2.47. The molecule has 1 saturated carbocycles. The third kappa shape index (κ3) is 5.69. The van der Waals surface area contributed by atoms with Gasteiger partial charge in [-0.05, 0) is 56.8 Å². The van der Waals surface area contributed by atoms with Crippen molar-refractivity contribution in [1.82, 2.24) is 0 Å². The molecule has 1 N–H and O–H groups in total. The van der Waals surface area contributed by atoms with E-state index in [1.807, 2.05) is 0 Å². The first kappa shape index (κ1) is 21.1. The summed E-state index contributed by atoms with van der Waals surface area (Å²) in [5.41, 5.74) is 0. The van der Waals surface area contributed by atoms with Crippen molar-refractivity contribution in [3.63, 3.8) is 0 Å². The molecule has 0 radical (unpaired) electrons. The van der Waals surface area contributed by atoms with E-state index in [2.05, 4.69) is 0 Å². The Morgan fingerprint density at radius 3 is 2.15 bits per heavy atom. The zero-order valence-corrected chi connectivity index (χ0v) is 17.3. The summed E-state index contributed by atoms with van der Waals surface area (Å²) in [4.78, 5) is 10.6. The van der Waals surface area contributed by atoms with Crippen LogP contribution in [0.5, 0.6) is 0 Å². The van der Waals surface area contributed by atoms with Crippen LogP contribution in [0, 0.1) is 11.8 Å². The lowest BCUT2D eigenvalue weighted by atomic mass is 9.75. The number of carboxylic acid groups (broad SMARTS) is 1. The highest BCUT2D eigenvalue weighted by Gasteiger charge is 2.48. The molecule has 0 aromatic carbocycles. The molecule has 2 heterocycles. The quantitative estimate of drug-likeness (QED) is 0.522. The fourth-order valence-corrected chi connectivity index (χ4v) is 7.56. The van der Waals surface area contributed by atoms with E-state index in [0.29, 0.717) is 23.7 Å². The van der Waals surface area contributed by atoms with Crippen LogP contribution in [-0.2, 0) is 19.4 Å². The highest BCUT2D eigenvalue weighted by molar-refractivity contribution is 7.92. The number of carboxylic acids is 1. The van der Waals surface area contributed by atoms with Gasteiger partial charge in [0.2, 0.25) is 0 Å². The molecule has 4 atom stereocenters. The van der Waals surface area contributed by atoms with Crippen molar-refractivity contribution in [2.24, 2.45) is 11.8 Å². The minimum atomic E-state index is -2.96. The van der Waals surface area contributed by atoms with Crippen LogP contribution in [0.25, 0.3) is 0 Å². The molecular weight excluding hydrogens is 364 g/mol. The van der Waals surface area contributed by atoms with Gasteiger partial charge in [0.15, 0.2) is 9.84 Å². The Labute approximate surface area is 164 Å². The minimum absolute atomic E-state index is 0.0987. The number of hydrogen-bond donors (Lipinski definition) is 1. The van der Waals surface area contributed by atoms with Crippen molar-refractivity contribution in [1.29, 1.82) is 0 Å². The van der Waals surface area contributed by atoms with Gasteiger partial charge in [-0.3, -0.25) is 4.79 Å². The Morgan fingerprint density at radius 2 is 1.48 bits per heavy atom. The maximum Gasteiger partial charge on any atom is 0.303 e. The van der Waals surface area contributed by atoms with Crippen LogP contribution in [0.15, 0.2) is 0 Å². The molecule has 1 aliphatic carbocycles. The van der Waals surface area contributed by atoms with Crippen LogP contribution >= 0.6 is 0 Å². The number of ether oxygens (including phenoxy) is 1. The molecule has 5 nitrogen and oxygen atoms in total. The Kier molecular flexibility index (Phi) is 7.60. The van der Waals surface area contributed by atoms with Crippen LogP contribution < -0.4 is 0 Å². The third-order valence-electron chi connectivity index (χ3n) is 7.06. The molecular formula is C21H36O5S. The van der Waals surface area contributed by atoms with Crippen molar-refractivity contribution in [2.75, 3.05) is 5.75 Å². The second-order valence-corrected chi connectivity index (χ2v) is 11.3. The van der Waals surface area contributed by atoms with Crippen molar-refractivity contribution in [3.05, 3.63) is 0 Å². The largest absolute Gasteiger partial charge is 0.481 e. The standard InChI is InChI=1S/C21H36O5S/c22-21(23)11-7-2-1-6-10-17-18(20-13-12-19(17)26-20)14-15-27(24,25)16-8-4-3-5-9-16/h16-20H,1-15H2,(H,22,23)/t17-,18+,19-,20+/m1/s1. The number of unbranched alkanes of at least 4 members (excludes halogenated alkanes) is 3. The highest BCUT2D eigenvalue weighted by atomic mass is 32.2. The molecule has 0 spiro atoms. The van der Waals surface area contributed by atoms with Crippen LogP contribution in [0.1, 0.15) is 89.9 Å². The van der Waals surface area contributed by atoms with E-state index in [1.54, 1.807) is 0 Å². The Hall–Kier alpha value is -0.620. The molecule has 2 aliphatic heterocycles. The van der Waals surface area contributed by atoms with Crippen LogP contribution in [0.2, 0.25) is 0 Å². The van der Waals surface area contributed by atoms with Gasteiger partial charge in [-0.15, -0.1) is 0 Å². The lowest BCUT2D eigenvalue weighted by Gasteiger charge is -2.29. The van der Waals surface area contributed by atoms with Gasteiger partial charge >= 0.3 is 5.97 Å². The number of fused-ring (bicyclic) bond motifs is 2. The maximum absolute atomic E-state index is 12.8. The van der Waals surface area contributed by atoms with Crippen molar-refractivity contribution < 1.29 is 23.1 Å². The maximum atomic E-state index is 12.8. The second kappa shape index (κ2) is 9.73. The van der Waals surface area contributed by atoms with E-state index < -0.39 is 15.8 Å². The summed E-state index contributed by atoms with van der Waals surface area (Å²) in [6.45, 7) is 0. The Bertz CT molecular complexity index is 581. The lowest BCUT2D eigenvalue weighted by molar-refractivity contribution is -0.137. The SMILES string of the molecule is O=C(O)CCCCCC[C@@H]1[C@H](CCS(=O)(=O)C2CCCCC2)[C@@H]2CC[C@H]1O2. The van der Waals surface area contributed by atoms with E-state index >= 15 is 0 Å². The van der Waals surface area contributed by atoms with Gasteiger partial charge in [-0.2, -0.15) is 0 Å². The molecule has 3 fully saturated rings. The first-order valence-corrected chi connectivity index (χ1v) is 12.8. The predicted octanol–water partition coefficient (Wildman–Crippen LogP) is 4.34. The van der Waals surface area contributed by atoms with E-state index in [4.69, 9.17) is 9.84 Å². The summed E-state index contributed by atoms with van der Waals surface area (Å²) in [7, 11) is -2.96. The summed E-state index contributed by atoms with van der Waals surface area (Å²) < 4.78 is 31.7. The number of carbonyl (C=O) groups is 1. The fourth-order valence-electron chi connectivity index (χ4n) is 5.57. The van der Waals surface area contributed by atoms with Gasteiger partial charge in [0.05, 0.1) is 23.2 Å². The zero-order chi connectivity index (χ0) is 19.3. The minimum Gasteiger partial charge on any atom is -0.481 e. The molecule has 0 aromatic heterocycles. The van der Waals surface area contributed by atoms with Gasteiger partial charge in [-0.1, -0.05) is 38.5 Å². The van der Waals surface area contributed by atoms with Crippen molar-refractivity contribution in [3.8, 4) is 0 Å². The number of hydrogen-bond acceptors (Lipinski definition) is 4. The van der Waals surface area contributed by atoms with Crippen LogP contribution in [0.3, 0.4) is 0 Å². The predicted molar refractivity (Wildman–Crippen MR) is 105 cm³/mol. The second-order valence-electron chi connectivity index (χ2n) is 8.88. The summed E-state index contributed by atoms with van der Waals surface area (Å²) in [5, 5.41) is 8.60. The van der Waals surface area contributed by atoms with Gasteiger partial charge in [0.1, 0.15) is 0 Å². The van der Waals surface area contributed by atoms with Crippen molar-refractivity contribution in [2.45, 2.75) is 107 Å². The average Bonchev–Trinajstić information content (AvgIpc) is 3.25. The zero-order valence-electron chi connectivity index (χ0n) is 16.5. The summed E-state index contributed by atoms with van der Waals surface area (Å²) in [6.07, 6.45) is 13.9. The van der Waals surface area contributed by atoms with Gasteiger partial charge in [0, 0.05) is 6.42 Å². The Balaban J connectivity index is 1.44. The first-order valence-electron chi connectivity index (χ1n) is 11.1. The normalized spacial score (nSPS) is 31.4. The molecule has 0 amide bonds. The van der Waals surface area contributed by atoms with E-state index in [-0.39, 0.29) is 17.8 Å². The lowest BCUT2D eigenvalue weighted by Crippen LogP contribution is -2.32. The number of aliphatic carboxylic acids is 1. The third-order valence-corrected chi connectivity index (χ3v) is 9.36. The van der Waals surface area contributed by atoms with Crippen molar-refractivity contribution >= 4 is 15.8 Å². The summed E-state index contributed by atoms with van der Waals surface area (Å²) >= 11 is 0. The summed E-state index contributed by atoms with van der Waals surface area (Å²) in [5.74, 6) is 0.533. The van der Waals surface area contributed by atoms with Gasteiger partial charge in [-0.25, -0.2) is 8.42 Å². The molecule has 6 heteroatoms. The molecule has 2 bridgehead atoms.